The van der Waals surface area contributed by atoms with E-state index in [9.17, 15) is 8.78 Å². The minimum atomic E-state index is -0.0579. The van der Waals surface area contributed by atoms with Crippen molar-refractivity contribution < 1.29 is 8.78 Å². The molecule has 115 heavy (non-hydrogen) atoms. The summed E-state index contributed by atoms with van der Waals surface area (Å²) < 4.78 is 30.0. The van der Waals surface area contributed by atoms with Crippen molar-refractivity contribution in [3.8, 4) is 44.5 Å². The van der Waals surface area contributed by atoms with Gasteiger partial charge in [-0.05, 0) is 339 Å². The van der Waals surface area contributed by atoms with E-state index in [1.54, 1.807) is 22.3 Å². The third-order valence-corrected chi connectivity index (χ3v) is 30.7. The molecule has 0 aliphatic heterocycles. The van der Waals surface area contributed by atoms with Crippen molar-refractivity contribution in [1.82, 2.24) is 0 Å². The Morgan fingerprint density at radius 2 is 0.357 bits per heavy atom. The van der Waals surface area contributed by atoms with E-state index in [-0.39, 0.29) is 19.1 Å². The molecule has 620 valence electrons. The van der Waals surface area contributed by atoms with Gasteiger partial charge in [0.2, 0.25) is 0 Å². The second kappa shape index (κ2) is 44.6. The Morgan fingerprint density at radius 1 is 0.200 bits per heavy atom. The molecular weight excluding hydrogens is 1400 g/mol. The van der Waals surface area contributed by atoms with Crippen molar-refractivity contribution >= 4 is 0 Å². The Labute approximate surface area is 701 Å². The van der Waals surface area contributed by atoms with Gasteiger partial charge in [-0.3, -0.25) is 0 Å². The van der Waals surface area contributed by atoms with Gasteiger partial charge in [-0.2, -0.15) is 0 Å². The molecule has 8 fully saturated rings. The first-order valence-corrected chi connectivity index (χ1v) is 47.9. The highest BCUT2D eigenvalue weighted by Crippen LogP contribution is 2.46. The Hall–Kier alpha value is -6.38. The Bertz CT molecular complexity index is 3770. The monoisotopic (exact) mass is 1550 g/mol. The third kappa shape index (κ3) is 24.9. The molecule has 0 N–H and O–H groups in total. The highest BCUT2D eigenvalue weighted by Gasteiger charge is 2.30. The maximum atomic E-state index is 15.0. The van der Waals surface area contributed by atoms with Gasteiger partial charge < -0.3 is 0 Å². The lowest BCUT2D eigenvalue weighted by Gasteiger charge is -2.28. The van der Waals surface area contributed by atoms with Crippen LogP contribution in [0.5, 0.6) is 0 Å². The maximum absolute atomic E-state index is 15.0. The van der Waals surface area contributed by atoms with Crippen LogP contribution in [0.2, 0.25) is 0 Å². The summed E-state index contributed by atoms with van der Waals surface area (Å²) in [6, 6.07) is 67.4. The van der Waals surface area contributed by atoms with Gasteiger partial charge in [-0.25, -0.2) is 8.78 Å². The first kappa shape index (κ1) is 87.9. The molecule has 2 heteroatoms. The number of benzene rings is 8. The van der Waals surface area contributed by atoms with E-state index in [1.165, 1.54) is 301 Å². The molecule has 8 aromatic rings. The second-order valence-corrected chi connectivity index (χ2v) is 39.1. The lowest BCUT2D eigenvalue weighted by atomic mass is 9.77. The largest absolute Gasteiger partial charge is 0.206 e. The van der Waals surface area contributed by atoms with Gasteiger partial charge in [0.1, 0.15) is 11.6 Å². The molecule has 16 rings (SSSR count). The summed E-state index contributed by atoms with van der Waals surface area (Å²) >= 11 is 0. The summed E-state index contributed by atoms with van der Waals surface area (Å²) in [5, 5.41) is 0. The Balaban J connectivity index is 0.000000141. The van der Waals surface area contributed by atoms with Crippen LogP contribution in [0.4, 0.5) is 8.78 Å². The molecule has 0 heterocycles. The zero-order valence-corrected chi connectivity index (χ0v) is 72.6. The van der Waals surface area contributed by atoms with Gasteiger partial charge >= 0.3 is 0 Å². The average molecular weight is 1550 g/mol. The second-order valence-electron chi connectivity index (χ2n) is 39.1. The summed E-state index contributed by atoms with van der Waals surface area (Å²) in [5.41, 5.74) is 20.5. The molecule has 0 spiro atoms. The topological polar surface area (TPSA) is 0 Å². The smallest absolute Gasteiger partial charge is 0.131 e. The van der Waals surface area contributed by atoms with Crippen LogP contribution in [0.3, 0.4) is 0 Å². The lowest BCUT2D eigenvalue weighted by molar-refractivity contribution is 0.308. The van der Waals surface area contributed by atoms with E-state index in [2.05, 4.69) is 213 Å². The van der Waals surface area contributed by atoms with Gasteiger partial charge in [0.05, 0.1) is 0 Å². The number of hydrogen-bond acceptors (Lipinski definition) is 0. The fourth-order valence-corrected chi connectivity index (χ4v) is 22.8. The SMILES string of the molecule is C.CCCC1CCC(c2ccc(-c3ccc(C4CCC(C)CC4)cc3)c(F)c2)CC1.CCCC1CCC(c2ccc(-c3ccc(C4CCC(C)CC4)cc3)c(F)c2)CC1.CCCC1CCC(c2ccc(-c3ccc(C4CCC(C)CC4)cc3)cc2)CC1.CCCC1CCC(c2ccc(-c3ccc(C4CCC(C)CC4)cc3)cc2)CC1. The van der Waals surface area contributed by atoms with Crippen molar-refractivity contribution in [1.29, 1.82) is 0 Å². The van der Waals surface area contributed by atoms with Gasteiger partial charge in [0.15, 0.2) is 0 Å². The van der Waals surface area contributed by atoms with E-state index >= 15 is 0 Å². The molecule has 0 radical (unpaired) electrons. The molecular formula is C113H154F2. The first-order valence-electron chi connectivity index (χ1n) is 47.9. The van der Waals surface area contributed by atoms with Crippen molar-refractivity contribution in [3.63, 3.8) is 0 Å². The predicted octanol–water partition coefficient (Wildman–Crippen LogP) is 35.8. The highest BCUT2D eigenvalue weighted by molar-refractivity contribution is 5.68. The van der Waals surface area contributed by atoms with Crippen molar-refractivity contribution in [2.45, 2.75) is 367 Å². The van der Waals surface area contributed by atoms with Crippen LogP contribution in [0, 0.1) is 59.0 Å². The molecule has 8 aliphatic rings. The van der Waals surface area contributed by atoms with Gasteiger partial charge in [0, 0.05) is 11.1 Å². The molecule has 0 amide bonds. The van der Waals surface area contributed by atoms with E-state index in [0.717, 1.165) is 93.3 Å². The van der Waals surface area contributed by atoms with Crippen LogP contribution >= 0.6 is 0 Å². The van der Waals surface area contributed by atoms with Crippen LogP contribution in [0.1, 0.15) is 412 Å². The fraction of sp³-hybridized carbons (Fsp3) is 0.575. The quantitative estimate of drug-likeness (QED) is 0.0713. The molecule has 0 unspecified atom stereocenters. The normalized spacial score (nSPS) is 27.7. The summed E-state index contributed by atoms with van der Waals surface area (Å²) in [6.07, 6.45) is 53.9. The van der Waals surface area contributed by atoms with E-state index in [4.69, 9.17) is 0 Å². The van der Waals surface area contributed by atoms with Gasteiger partial charge in [-0.1, -0.05) is 335 Å². The lowest BCUT2D eigenvalue weighted by Crippen LogP contribution is -2.13. The highest BCUT2D eigenvalue weighted by atomic mass is 19.1. The van der Waals surface area contributed by atoms with Gasteiger partial charge in [-0.15, -0.1) is 0 Å². The first-order chi connectivity index (χ1) is 55.7. The summed E-state index contributed by atoms with van der Waals surface area (Å²) in [4.78, 5) is 0. The minimum Gasteiger partial charge on any atom is -0.206 e. The minimum absolute atomic E-state index is 0. The summed E-state index contributed by atoms with van der Waals surface area (Å²) in [7, 11) is 0. The van der Waals surface area contributed by atoms with E-state index in [1.807, 2.05) is 24.3 Å². The van der Waals surface area contributed by atoms with Crippen LogP contribution in [0.25, 0.3) is 44.5 Å². The van der Waals surface area contributed by atoms with Gasteiger partial charge in [0.25, 0.3) is 0 Å². The Morgan fingerprint density at radius 3 is 0.530 bits per heavy atom. The molecule has 0 atom stereocenters. The van der Waals surface area contributed by atoms with E-state index < -0.39 is 0 Å². The predicted molar refractivity (Wildman–Crippen MR) is 494 cm³/mol. The molecule has 8 aliphatic carbocycles. The average Bonchev–Trinajstić information content (AvgIpc) is 0.838. The maximum Gasteiger partial charge on any atom is 0.131 e. The summed E-state index contributed by atoms with van der Waals surface area (Å²) in [6.45, 7) is 18.7. The number of halogens is 2. The fourth-order valence-electron chi connectivity index (χ4n) is 22.8. The number of rotatable bonds is 20. The summed E-state index contributed by atoms with van der Waals surface area (Å²) in [5.74, 6) is 12.9. The molecule has 0 aromatic heterocycles. The standard InChI is InChI=1S/2C28H37F.2C28H38.CH4/c2*1-3-4-21-7-11-24(12-8-21)26-17-18-27(28(29)19-26)25-15-13-23(14-16-25)22-9-5-20(2)6-10-22;2*1-3-4-22-7-11-24(12-8-22)26-15-19-28(20-16-26)27-17-13-25(14-18-27)23-9-5-21(2)6-10-23;/h2*13-22,24H,3-12H2,1-2H3;2*13-24H,3-12H2,1-2H3;1H4. The Kier molecular flexibility index (Phi) is 34.1. The van der Waals surface area contributed by atoms with Crippen LogP contribution in [-0.4, -0.2) is 0 Å². The van der Waals surface area contributed by atoms with Crippen molar-refractivity contribution in [2.75, 3.05) is 0 Å². The van der Waals surface area contributed by atoms with Crippen LogP contribution in [-0.2, 0) is 0 Å². The van der Waals surface area contributed by atoms with Crippen LogP contribution < -0.4 is 0 Å². The zero-order chi connectivity index (χ0) is 79.1. The van der Waals surface area contributed by atoms with Crippen molar-refractivity contribution in [3.05, 3.63) is 238 Å². The zero-order valence-electron chi connectivity index (χ0n) is 72.6. The molecule has 0 saturated heterocycles. The van der Waals surface area contributed by atoms with Crippen molar-refractivity contribution in [2.24, 2.45) is 47.3 Å². The third-order valence-electron chi connectivity index (χ3n) is 30.7. The molecule has 0 nitrogen and oxygen atoms in total. The van der Waals surface area contributed by atoms with Crippen LogP contribution in [0.15, 0.2) is 182 Å². The molecule has 0 bridgehead atoms. The molecule has 8 aromatic carbocycles. The molecule has 8 saturated carbocycles. The van der Waals surface area contributed by atoms with E-state index in [0.29, 0.717) is 23.7 Å². The number of hydrogen-bond donors (Lipinski definition) is 0.